The Labute approximate surface area is 117 Å². The molecule has 0 spiro atoms. The van der Waals surface area contributed by atoms with Gasteiger partial charge < -0.3 is 5.73 Å². The zero-order valence-electron chi connectivity index (χ0n) is 10.4. The fourth-order valence-corrected chi connectivity index (χ4v) is 3.47. The van der Waals surface area contributed by atoms with Gasteiger partial charge in [0.05, 0.1) is 15.4 Å². The fourth-order valence-electron chi connectivity index (χ4n) is 1.84. The van der Waals surface area contributed by atoms with Gasteiger partial charge in [0.25, 0.3) is 0 Å². The third-order valence-electron chi connectivity index (χ3n) is 2.77. The molecule has 0 aliphatic heterocycles. The Balaban J connectivity index is 2.75. The molecular formula is C15H11NO3S. The Bertz CT molecular complexity index is 817. The third-order valence-corrected chi connectivity index (χ3v) is 4.64. The lowest BCUT2D eigenvalue weighted by molar-refractivity contribution is 0.0997. The minimum Gasteiger partial charge on any atom is -0.366 e. The van der Waals surface area contributed by atoms with Gasteiger partial charge in [0.2, 0.25) is 15.7 Å². The Hall–Kier alpha value is -2.58. The predicted octanol–water partition coefficient (Wildman–Crippen LogP) is 1.60. The van der Waals surface area contributed by atoms with Crippen molar-refractivity contribution in [2.75, 3.05) is 0 Å². The molecule has 0 aliphatic carbocycles. The molecule has 0 heterocycles. The summed E-state index contributed by atoms with van der Waals surface area (Å²) in [5.74, 6) is 1.52. The highest BCUT2D eigenvalue weighted by Crippen LogP contribution is 2.26. The monoisotopic (exact) mass is 285 g/mol. The van der Waals surface area contributed by atoms with Crippen LogP contribution in [0.25, 0.3) is 0 Å². The molecule has 0 radical (unpaired) electrons. The molecule has 2 N–H and O–H groups in total. The van der Waals surface area contributed by atoms with Gasteiger partial charge in [-0.1, -0.05) is 30.2 Å². The molecule has 0 unspecified atom stereocenters. The number of nitrogens with two attached hydrogens (primary N) is 1. The normalized spacial score (nSPS) is 10.8. The van der Waals surface area contributed by atoms with Gasteiger partial charge in [0.1, 0.15) is 0 Å². The predicted molar refractivity (Wildman–Crippen MR) is 74.8 cm³/mol. The SMILES string of the molecule is C#Cc1ccccc1S(=O)(=O)c1ccccc1C(N)=O. The van der Waals surface area contributed by atoms with E-state index in [9.17, 15) is 13.2 Å². The van der Waals surface area contributed by atoms with E-state index in [-0.39, 0.29) is 20.9 Å². The van der Waals surface area contributed by atoms with E-state index in [1.807, 2.05) is 0 Å². The maximum absolute atomic E-state index is 12.6. The largest absolute Gasteiger partial charge is 0.366 e. The van der Waals surface area contributed by atoms with Gasteiger partial charge in [-0.15, -0.1) is 6.42 Å². The van der Waals surface area contributed by atoms with E-state index >= 15 is 0 Å². The number of amides is 1. The fraction of sp³-hybridized carbons (Fsp3) is 0. The zero-order valence-corrected chi connectivity index (χ0v) is 11.2. The summed E-state index contributed by atoms with van der Waals surface area (Å²) in [6.07, 6.45) is 5.32. The Morgan fingerprint density at radius 3 is 2.15 bits per heavy atom. The number of primary amides is 1. The standard InChI is InChI=1S/C15H11NO3S/c1-2-11-7-3-5-9-13(11)20(18,19)14-10-6-4-8-12(14)15(16)17/h1,3-10H,(H2,16,17). The minimum atomic E-state index is -3.90. The number of rotatable bonds is 3. The molecule has 0 aliphatic rings. The Morgan fingerprint density at radius 2 is 1.55 bits per heavy atom. The van der Waals surface area contributed by atoms with Crippen LogP contribution in [0.5, 0.6) is 0 Å². The zero-order chi connectivity index (χ0) is 14.8. The molecule has 0 atom stereocenters. The smallest absolute Gasteiger partial charge is 0.250 e. The second kappa shape index (κ2) is 5.19. The van der Waals surface area contributed by atoms with Crippen LogP contribution in [0.15, 0.2) is 58.3 Å². The molecule has 0 fully saturated rings. The van der Waals surface area contributed by atoms with E-state index < -0.39 is 15.7 Å². The van der Waals surface area contributed by atoms with Crippen molar-refractivity contribution in [3.8, 4) is 12.3 Å². The number of benzene rings is 2. The lowest BCUT2D eigenvalue weighted by Gasteiger charge is -2.09. The maximum atomic E-state index is 12.6. The summed E-state index contributed by atoms with van der Waals surface area (Å²) < 4.78 is 25.3. The lowest BCUT2D eigenvalue weighted by Crippen LogP contribution is -2.16. The summed E-state index contributed by atoms with van der Waals surface area (Å²) in [4.78, 5) is 11.2. The molecule has 4 nitrogen and oxygen atoms in total. The number of carbonyl (C=O) groups excluding carboxylic acids is 1. The van der Waals surface area contributed by atoms with Gasteiger partial charge >= 0.3 is 0 Å². The molecular weight excluding hydrogens is 274 g/mol. The number of carbonyl (C=O) groups is 1. The van der Waals surface area contributed by atoms with Crippen molar-refractivity contribution in [2.45, 2.75) is 9.79 Å². The van der Waals surface area contributed by atoms with Crippen LogP contribution >= 0.6 is 0 Å². The topological polar surface area (TPSA) is 77.2 Å². The van der Waals surface area contributed by atoms with Gasteiger partial charge in [-0.3, -0.25) is 4.79 Å². The summed E-state index contributed by atoms with van der Waals surface area (Å²) in [6, 6.07) is 11.9. The number of sulfone groups is 1. The van der Waals surface area contributed by atoms with Gasteiger partial charge in [-0.2, -0.15) is 0 Å². The van der Waals surface area contributed by atoms with E-state index in [1.165, 1.54) is 30.3 Å². The van der Waals surface area contributed by atoms with E-state index in [4.69, 9.17) is 12.2 Å². The van der Waals surface area contributed by atoms with Crippen LogP contribution < -0.4 is 5.73 Å². The highest BCUT2D eigenvalue weighted by molar-refractivity contribution is 7.91. The van der Waals surface area contributed by atoms with Crippen LogP contribution in [-0.4, -0.2) is 14.3 Å². The summed E-state index contributed by atoms with van der Waals surface area (Å²) in [5.41, 5.74) is 5.40. The average Bonchev–Trinajstić information content (AvgIpc) is 2.47. The lowest BCUT2D eigenvalue weighted by atomic mass is 10.2. The minimum absolute atomic E-state index is 0.0174. The first-order chi connectivity index (χ1) is 9.48. The molecule has 0 saturated heterocycles. The maximum Gasteiger partial charge on any atom is 0.250 e. The van der Waals surface area contributed by atoms with Crippen molar-refractivity contribution in [3.63, 3.8) is 0 Å². The summed E-state index contributed by atoms with van der Waals surface area (Å²) in [5, 5.41) is 0. The highest BCUT2D eigenvalue weighted by atomic mass is 32.2. The van der Waals surface area contributed by atoms with Gasteiger partial charge in [0.15, 0.2) is 0 Å². The first-order valence-electron chi connectivity index (χ1n) is 5.68. The molecule has 2 aromatic rings. The van der Waals surface area contributed by atoms with Crippen molar-refractivity contribution in [2.24, 2.45) is 5.73 Å². The molecule has 20 heavy (non-hydrogen) atoms. The van der Waals surface area contributed by atoms with Gasteiger partial charge in [0, 0.05) is 5.56 Å². The quantitative estimate of drug-likeness (QED) is 0.870. The number of hydrogen-bond acceptors (Lipinski definition) is 3. The van der Waals surface area contributed by atoms with E-state index in [1.54, 1.807) is 18.2 Å². The van der Waals surface area contributed by atoms with E-state index in [0.717, 1.165) is 0 Å². The van der Waals surface area contributed by atoms with Gasteiger partial charge in [-0.05, 0) is 24.3 Å². The summed E-state index contributed by atoms with van der Waals surface area (Å²) >= 11 is 0. The third kappa shape index (κ3) is 2.29. The average molecular weight is 285 g/mol. The Morgan fingerprint density at radius 1 is 1.00 bits per heavy atom. The number of hydrogen-bond donors (Lipinski definition) is 1. The van der Waals surface area contributed by atoms with Crippen LogP contribution in [0.2, 0.25) is 0 Å². The van der Waals surface area contributed by atoms with Crippen molar-refractivity contribution >= 4 is 15.7 Å². The molecule has 1 amide bonds. The first-order valence-corrected chi connectivity index (χ1v) is 7.16. The van der Waals surface area contributed by atoms with E-state index in [0.29, 0.717) is 0 Å². The Kier molecular flexibility index (Phi) is 3.59. The van der Waals surface area contributed by atoms with Crippen molar-refractivity contribution in [1.29, 1.82) is 0 Å². The second-order valence-electron chi connectivity index (χ2n) is 4.00. The molecule has 100 valence electrons. The van der Waals surface area contributed by atoms with Crippen molar-refractivity contribution in [3.05, 3.63) is 59.7 Å². The summed E-state index contributed by atoms with van der Waals surface area (Å²) in [6.45, 7) is 0. The van der Waals surface area contributed by atoms with Crippen molar-refractivity contribution in [1.82, 2.24) is 0 Å². The molecule has 2 rings (SSSR count). The van der Waals surface area contributed by atoms with Crippen LogP contribution in [0.1, 0.15) is 15.9 Å². The van der Waals surface area contributed by atoms with Crippen LogP contribution in [0.4, 0.5) is 0 Å². The second-order valence-corrected chi connectivity index (χ2v) is 5.89. The molecule has 5 heteroatoms. The molecule has 0 bridgehead atoms. The van der Waals surface area contributed by atoms with Crippen LogP contribution in [-0.2, 0) is 9.84 Å². The molecule has 0 aromatic heterocycles. The highest BCUT2D eigenvalue weighted by Gasteiger charge is 2.24. The summed E-state index contributed by atoms with van der Waals surface area (Å²) in [7, 11) is -3.90. The van der Waals surface area contributed by atoms with Gasteiger partial charge in [-0.25, -0.2) is 8.42 Å². The molecule has 0 saturated carbocycles. The van der Waals surface area contributed by atoms with Crippen LogP contribution in [0, 0.1) is 12.3 Å². The first kappa shape index (κ1) is 13.8. The van der Waals surface area contributed by atoms with Crippen molar-refractivity contribution < 1.29 is 13.2 Å². The number of terminal acetylenes is 1. The van der Waals surface area contributed by atoms with E-state index in [2.05, 4.69) is 5.92 Å². The van der Waals surface area contributed by atoms with Crippen LogP contribution in [0.3, 0.4) is 0 Å². The molecule has 2 aromatic carbocycles.